The summed E-state index contributed by atoms with van der Waals surface area (Å²) in [6.45, 7) is 4.48. The quantitative estimate of drug-likeness (QED) is 0.736. The molecule has 2 heterocycles. The molecule has 0 aliphatic heterocycles. The van der Waals surface area contributed by atoms with Crippen molar-refractivity contribution < 1.29 is 4.79 Å². The van der Waals surface area contributed by atoms with Gasteiger partial charge in [-0.05, 0) is 43.2 Å². The second kappa shape index (κ2) is 7.53. The van der Waals surface area contributed by atoms with Crippen LogP contribution >= 0.6 is 11.6 Å². The maximum Gasteiger partial charge on any atom is 0.275 e. The van der Waals surface area contributed by atoms with Gasteiger partial charge in [0.05, 0.1) is 6.54 Å². The highest BCUT2D eigenvalue weighted by Crippen LogP contribution is 2.16. The fraction of sp³-hybridized carbons (Fsp3) is 0.278. The maximum atomic E-state index is 12.6. The first-order valence-corrected chi connectivity index (χ1v) is 8.58. The molecule has 7 heteroatoms. The third kappa shape index (κ3) is 3.91. The number of carbonyl (C=O) groups is 1. The van der Waals surface area contributed by atoms with E-state index in [0.29, 0.717) is 23.1 Å². The summed E-state index contributed by atoms with van der Waals surface area (Å²) in [5, 5.41) is 12.0. The first kappa shape index (κ1) is 17.2. The summed E-state index contributed by atoms with van der Waals surface area (Å²) in [6, 6.07) is 11.4. The lowest BCUT2D eigenvalue weighted by atomic mass is 10.2. The molecule has 1 N–H and O–H groups in total. The number of nitrogens with zero attached hydrogens (tertiary/aromatic N) is 4. The van der Waals surface area contributed by atoms with Crippen molar-refractivity contribution in [2.24, 2.45) is 0 Å². The van der Waals surface area contributed by atoms with Gasteiger partial charge in [0.1, 0.15) is 0 Å². The van der Waals surface area contributed by atoms with Crippen LogP contribution < -0.4 is 5.32 Å². The number of nitrogens with one attached hydrogen (secondary N) is 1. The molecule has 3 rings (SSSR count). The molecule has 2 aromatic heterocycles. The van der Waals surface area contributed by atoms with Gasteiger partial charge in [-0.1, -0.05) is 35.9 Å². The van der Waals surface area contributed by atoms with Crippen LogP contribution in [0.15, 0.2) is 48.8 Å². The van der Waals surface area contributed by atoms with Gasteiger partial charge in [-0.3, -0.25) is 4.79 Å². The van der Waals surface area contributed by atoms with Crippen molar-refractivity contribution in [3.05, 3.63) is 65.1 Å². The van der Waals surface area contributed by atoms with Gasteiger partial charge in [-0.2, -0.15) is 0 Å². The van der Waals surface area contributed by atoms with Crippen LogP contribution in [-0.2, 0) is 6.54 Å². The lowest BCUT2D eigenvalue weighted by molar-refractivity contribution is 0.0934. The Bertz CT molecular complexity index is 839. The highest BCUT2D eigenvalue weighted by atomic mass is 35.5. The Kier molecular flexibility index (Phi) is 5.19. The fourth-order valence-corrected chi connectivity index (χ4v) is 2.58. The Balaban J connectivity index is 1.96. The number of halogens is 1. The first-order valence-electron chi connectivity index (χ1n) is 8.20. The minimum atomic E-state index is -0.222. The number of amides is 1. The summed E-state index contributed by atoms with van der Waals surface area (Å²) in [6.07, 6.45) is 4.59. The molecule has 1 atom stereocenters. The minimum absolute atomic E-state index is 0.0754. The Morgan fingerprint density at radius 2 is 1.92 bits per heavy atom. The van der Waals surface area contributed by atoms with E-state index < -0.39 is 0 Å². The van der Waals surface area contributed by atoms with E-state index in [1.807, 2.05) is 67.2 Å². The summed E-state index contributed by atoms with van der Waals surface area (Å²) in [5.74, 6) is 0.418. The summed E-state index contributed by atoms with van der Waals surface area (Å²) in [7, 11) is 0. The third-order valence-electron chi connectivity index (χ3n) is 4.01. The summed E-state index contributed by atoms with van der Waals surface area (Å²) in [4.78, 5) is 12.6. The van der Waals surface area contributed by atoms with Crippen molar-refractivity contribution in [1.82, 2.24) is 24.9 Å². The molecule has 0 saturated heterocycles. The predicted molar refractivity (Wildman–Crippen MR) is 97.1 cm³/mol. The van der Waals surface area contributed by atoms with Crippen molar-refractivity contribution in [3.63, 3.8) is 0 Å². The average Bonchev–Trinajstić information content (AvgIpc) is 3.26. The van der Waals surface area contributed by atoms with Crippen LogP contribution in [0.2, 0.25) is 5.02 Å². The molecular formula is C18H20ClN5O. The molecule has 0 fully saturated rings. The lowest BCUT2D eigenvalue weighted by Crippen LogP contribution is -2.33. The smallest absolute Gasteiger partial charge is 0.275 e. The van der Waals surface area contributed by atoms with Gasteiger partial charge in [0.25, 0.3) is 5.91 Å². The van der Waals surface area contributed by atoms with Crippen molar-refractivity contribution >= 4 is 17.5 Å². The normalized spacial score (nSPS) is 12.1. The Morgan fingerprint density at radius 1 is 1.24 bits per heavy atom. The molecule has 0 saturated carbocycles. The standard InChI is InChI=1S/C18H20ClN5O/c1-3-13(2)20-17(25)16-18(23-10-4-5-11-23)24(22-21-16)12-14-6-8-15(19)9-7-14/h4-11,13H,3,12H2,1-2H3,(H,20,25)/t13-/m1/s1. The van der Waals surface area contributed by atoms with E-state index in [1.165, 1.54) is 0 Å². The molecule has 0 radical (unpaired) electrons. The van der Waals surface area contributed by atoms with Gasteiger partial charge in [-0.15, -0.1) is 5.10 Å². The Labute approximate surface area is 151 Å². The number of hydrogen-bond donors (Lipinski definition) is 1. The van der Waals surface area contributed by atoms with Gasteiger partial charge in [-0.25, -0.2) is 4.68 Å². The van der Waals surface area contributed by atoms with Crippen LogP contribution in [0.1, 0.15) is 36.3 Å². The minimum Gasteiger partial charge on any atom is -0.348 e. The van der Waals surface area contributed by atoms with Gasteiger partial charge in [0.15, 0.2) is 11.5 Å². The zero-order valence-electron chi connectivity index (χ0n) is 14.2. The summed E-state index contributed by atoms with van der Waals surface area (Å²) in [5.41, 5.74) is 1.34. The van der Waals surface area contributed by atoms with E-state index >= 15 is 0 Å². The number of hydrogen-bond acceptors (Lipinski definition) is 3. The SMILES string of the molecule is CC[C@@H](C)NC(=O)c1nnn(Cc2ccc(Cl)cc2)c1-n1cccc1. The van der Waals surface area contributed by atoms with E-state index in [4.69, 9.17) is 11.6 Å². The summed E-state index contributed by atoms with van der Waals surface area (Å²) < 4.78 is 3.57. The van der Waals surface area contributed by atoms with Crippen molar-refractivity contribution in [2.45, 2.75) is 32.9 Å². The molecule has 25 heavy (non-hydrogen) atoms. The van der Waals surface area contributed by atoms with Crippen LogP contribution in [-0.4, -0.2) is 31.5 Å². The van der Waals surface area contributed by atoms with Crippen LogP contribution in [0.4, 0.5) is 0 Å². The van der Waals surface area contributed by atoms with E-state index in [0.717, 1.165) is 12.0 Å². The molecule has 0 aliphatic carbocycles. The van der Waals surface area contributed by atoms with Gasteiger partial charge >= 0.3 is 0 Å². The maximum absolute atomic E-state index is 12.6. The number of aromatic nitrogens is 4. The van der Waals surface area contributed by atoms with Gasteiger partial charge in [0, 0.05) is 23.5 Å². The molecular weight excluding hydrogens is 338 g/mol. The number of benzene rings is 1. The van der Waals surface area contributed by atoms with E-state index in [-0.39, 0.29) is 11.9 Å². The van der Waals surface area contributed by atoms with Crippen LogP contribution in [0.25, 0.3) is 5.82 Å². The predicted octanol–water partition coefficient (Wildman–Crippen LogP) is 3.30. The van der Waals surface area contributed by atoms with Crippen molar-refractivity contribution in [1.29, 1.82) is 0 Å². The second-order valence-electron chi connectivity index (χ2n) is 5.92. The molecule has 0 spiro atoms. The summed E-state index contributed by atoms with van der Waals surface area (Å²) >= 11 is 5.94. The molecule has 130 valence electrons. The molecule has 6 nitrogen and oxygen atoms in total. The highest BCUT2D eigenvalue weighted by molar-refractivity contribution is 6.30. The number of carbonyl (C=O) groups excluding carboxylic acids is 1. The molecule has 1 aromatic carbocycles. The van der Waals surface area contributed by atoms with Crippen LogP contribution in [0.5, 0.6) is 0 Å². The zero-order chi connectivity index (χ0) is 17.8. The third-order valence-corrected chi connectivity index (χ3v) is 4.26. The van der Waals surface area contributed by atoms with E-state index in [1.54, 1.807) is 4.68 Å². The van der Waals surface area contributed by atoms with E-state index in [2.05, 4.69) is 15.6 Å². The average molecular weight is 358 g/mol. The van der Waals surface area contributed by atoms with Crippen LogP contribution in [0.3, 0.4) is 0 Å². The Morgan fingerprint density at radius 3 is 2.56 bits per heavy atom. The van der Waals surface area contributed by atoms with Gasteiger partial charge in [0.2, 0.25) is 0 Å². The zero-order valence-corrected chi connectivity index (χ0v) is 14.9. The van der Waals surface area contributed by atoms with E-state index in [9.17, 15) is 4.79 Å². The Hall–Kier alpha value is -2.60. The lowest BCUT2D eigenvalue weighted by Gasteiger charge is -2.12. The fourth-order valence-electron chi connectivity index (χ4n) is 2.45. The topological polar surface area (TPSA) is 64.7 Å². The molecule has 3 aromatic rings. The largest absolute Gasteiger partial charge is 0.348 e. The van der Waals surface area contributed by atoms with Crippen LogP contribution in [0, 0.1) is 0 Å². The molecule has 0 bridgehead atoms. The first-order chi connectivity index (χ1) is 12.1. The monoisotopic (exact) mass is 357 g/mol. The van der Waals surface area contributed by atoms with Crippen molar-refractivity contribution in [2.75, 3.05) is 0 Å². The molecule has 0 unspecified atom stereocenters. The van der Waals surface area contributed by atoms with Crippen molar-refractivity contribution in [3.8, 4) is 5.82 Å². The molecule has 0 aliphatic rings. The highest BCUT2D eigenvalue weighted by Gasteiger charge is 2.22. The van der Waals surface area contributed by atoms with Gasteiger partial charge < -0.3 is 9.88 Å². The molecule has 1 amide bonds. The second-order valence-corrected chi connectivity index (χ2v) is 6.36. The number of rotatable bonds is 6.